The Morgan fingerprint density at radius 2 is 1.40 bits per heavy atom. The molecule has 0 radical (unpaired) electrons. The second kappa shape index (κ2) is 8.77. The molecule has 0 bridgehead atoms. The molecule has 2 aliphatic rings. The van der Waals surface area contributed by atoms with E-state index in [1.807, 2.05) is 6.08 Å². The molecule has 0 fully saturated rings. The lowest BCUT2D eigenvalue weighted by molar-refractivity contribution is 0.731. The molecule has 0 saturated heterocycles. The minimum Gasteiger partial charge on any atom is -0.295 e. The van der Waals surface area contributed by atoms with Crippen LogP contribution in [0.1, 0.15) is 29.4 Å². The average molecular weight is 549 g/mol. The number of imidazole rings is 1. The molecule has 1 spiro atoms. The molecular formula is C41H28N2. The van der Waals surface area contributed by atoms with Crippen molar-refractivity contribution >= 4 is 38.2 Å². The fraction of sp³-hybridized carbons (Fsp3) is 0.0488. The second-order valence-electron chi connectivity index (χ2n) is 11.5. The molecule has 2 heterocycles. The summed E-state index contributed by atoms with van der Waals surface area (Å²) in [7, 11) is 0. The monoisotopic (exact) mass is 548 g/mol. The summed E-state index contributed by atoms with van der Waals surface area (Å²) in [5.74, 6) is 1.04. The largest absolute Gasteiger partial charge is 0.295 e. The van der Waals surface area contributed by atoms with Crippen LogP contribution in [-0.2, 0) is 5.41 Å². The predicted molar refractivity (Wildman–Crippen MR) is 180 cm³/mol. The number of fused-ring (bicyclic) bond motifs is 11. The van der Waals surface area contributed by atoms with E-state index in [-0.39, 0.29) is 0 Å². The Hall–Kier alpha value is -5.47. The van der Waals surface area contributed by atoms with Crippen LogP contribution in [-0.4, -0.2) is 9.55 Å². The first-order valence-corrected chi connectivity index (χ1v) is 14.9. The second-order valence-corrected chi connectivity index (χ2v) is 11.5. The molecule has 1 aliphatic heterocycles. The van der Waals surface area contributed by atoms with Crippen molar-refractivity contribution in [2.75, 3.05) is 0 Å². The van der Waals surface area contributed by atoms with Crippen molar-refractivity contribution in [1.82, 2.24) is 9.55 Å². The molecule has 2 heteroatoms. The van der Waals surface area contributed by atoms with Gasteiger partial charge in [-0.05, 0) is 91.7 Å². The normalized spacial score (nSPS) is 17.0. The van der Waals surface area contributed by atoms with Gasteiger partial charge in [-0.15, -0.1) is 0 Å². The highest BCUT2D eigenvalue weighted by molar-refractivity contribution is 6.13. The molecule has 1 aromatic heterocycles. The molecule has 2 nitrogen and oxygen atoms in total. The molecule has 9 rings (SSSR count). The van der Waals surface area contributed by atoms with Crippen LogP contribution in [0.4, 0.5) is 0 Å². The lowest BCUT2D eigenvalue weighted by Crippen LogP contribution is -2.28. The molecule has 0 saturated carbocycles. The highest BCUT2D eigenvalue weighted by Gasteiger charge is 2.54. The van der Waals surface area contributed by atoms with E-state index >= 15 is 0 Å². The average Bonchev–Trinajstić information content (AvgIpc) is 3.66. The summed E-state index contributed by atoms with van der Waals surface area (Å²) in [4.78, 5) is 5.55. The molecule has 6 aromatic carbocycles. The van der Waals surface area contributed by atoms with Crippen LogP contribution in [0.5, 0.6) is 0 Å². The lowest BCUT2D eigenvalue weighted by Gasteiger charge is -2.28. The van der Waals surface area contributed by atoms with Gasteiger partial charge in [-0.3, -0.25) is 4.57 Å². The third-order valence-corrected chi connectivity index (χ3v) is 9.45. The summed E-state index contributed by atoms with van der Waals surface area (Å²) >= 11 is 0. The smallest absolute Gasteiger partial charge is 0.134 e. The van der Waals surface area contributed by atoms with Crippen molar-refractivity contribution in [1.29, 1.82) is 0 Å². The number of rotatable bonds is 3. The number of hydrogen-bond donors (Lipinski definition) is 0. The Morgan fingerprint density at radius 1 is 0.721 bits per heavy atom. The molecule has 0 N–H and O–H groups in total. The maximum Gasteiger partial charge on any atom is 0.134 e. The Bertz CT molecular complexity index is 2330. The van der Waals surface area contributed by atoms with E-state index in [4.69, 9.17) is 4.98 Å². The van der Waals surface area contributed by atoms with Crippen molar-refractivity contribution in [2.45, 2.75) is 12.3 Å². The fourth-order valence-electron chi connectivity index (χ4n) is 7.83. The van der Waals surface area contributed by atoms with E-state index in [0.717, 1.165) is 16.9 Å². The minimum absolute atomic E-state index is 0.519. The highest BCUT2D eigenvalue weighted by atomic mass is 15.1. The number of hydrogen-bond acceptors (Lipinski definition) is 1. The van der Waals surface area contributed by atoms with Crippen LogP contribution in [0.2, 0.25) is 0 Å². The Kier molecular flexibility index (Phi) is 4.93. The SMILES string of the molecule is C=CC1=C(/C=C\C)C2(c3ccccc31)c1ccccc1-n1c2nc2cc(-c3c4ccccc4cc4ccccc34)ccc21. The van der Waals surface area contributed by atoms with Crippen molar-refractivity contribution in [3.8, 4) is 16.8 Å². The molecular weight excluding hydrogens is 520 g/mol. The first kappa shape index (κ1) is 24.2. The van der Waals surface area contributed by atoms with Gasteiger partial charge in [0.2, 0.25) is 0 Å². The van der Waals surface area contributed by atoms with Gasteiger partial charge in [-0.1, -0.05) is 122 Å². The topological polar surface area (TPSA) is 17.8 Å². The standard InChI is InChI=1S/C41H28N2/c1-3-13-33-29(4-2)32-18-9-10-19-34(32)41(33)35-20-11-12-21-37(35)43-38-23-22-28(25-36(38)42-40(41)43)39-30-16-7-5-14-26(30)24-27-15-6-8-17-31(27)39/h3-25H,2H2,1H3/b13-3-. The Morgan fingerprint density at radius 3 is 2.14 bits per heavy atom. The van der Waals surface area contributed by atoms with Crippen LogP contribution in [0.3, 0.4) is 0 Å². The van der Waals surface area contributed by atoms with Gasteiger partial charge in [0.25, 0.3) is 0 Å². The van der Waals surface area contributed by atoms with E-state index in [9.17, 15) is 0 Å². The van der Waals surface area contributed by atoms with Crippen LogP contribution in [0.25, 0.3) is 55.0 Å². The predicted octanol–water partition coefficient (Wildman–Crippen LogP) is 10.2. The summed E-state index contributed by atoms with van der Waals surface area (Å²) in [5, 5.41) is 5.01. The Labute approximate surface area is 250 Å². The van der Waals surface area contributed by atoms with Crippen molar-refractivity contribution in [3.63, 3.8) is 0 Å². The molecule has 202 valence electrons. The van der Waals surface area contributed by atoms with Crippen molar-refractivity contribution < 1.29 is 0 Å². The van der Waals surface area contributed by atoms with Gasteiger partial charge in [0.15, 0.2) is 0 Å². The van der Waals surface area contributed by atoms with Gasteiger partial charge >= 0.3 is 0 Å². The number of para-hydroxylation sites is 1. The van der Waals surface area contributed by atoms with Crippen LogP contribution < -0.4 is 0 Å². The summed E-state index contributed by atoms with van der Waals surface area (Å²) < 4.78 is 2.39. The maximum absolute atomic E-state index is 5.55. The van der Waals surface area contributed by atoms with Gasteiger partial charge in [-0.2, -0.15) is 0 Å². The molecule has 1 aliphatic carbocycles. The van der Waals surface area contributed by atoms with Crippen LogP contribution in [0, 0.1) is 0 Å². The summed E-state index contributed by atoms with van der Waals surface area (Å²) in [6.07, 6.45) is 6.42. The van der Waals surface area contributed by atoms with E-state index < -0.39 is 5.41 Å². The van der Waals surface area contributed by atoms with E-state index in [1.165, 1.54) is 66.2 Å². The van der Waals surface area contributed by atoms with Gasteiger partial charge < -0.3 is 0 Å². The maximum atomic E-state index is 5.55. The van der Waals surface area contributed by atoms with Crippen molar-refractivity contribution in [2.24, 2.45) is 0 Å². The zero-order valence-electron chi connectivity index (χ0n) is 23.9. The highest BCUT2D eigenvalue weighted by Crippen LogP contribution is 2.59. The van der Waals surface area contributed by atoms with Gasteiger partial charge in [0.1, 0.15) is 11.2 Å². The minimum atomic E-state index is -0.519. The van der Waals surface area contributed by atoms with Crippen LogP contribution >= 0.6 is 0 Å². The summed E-state index contributed by atoms with van der Waals surface area (Å²) in [6.45, 7) is 6.35. The molecule has 43 heavy (non-hydrogen) atoms. The Balaban J connectivity index is 1.39. The third kappa shape index (κ3) is 3.00. The summed E-state index contributed by atoms with van der Waals surface area (Å²) in [6, 6.07) is 44.1. The number of benzene rings is 6. The zero-order chi connectivity index (χ0) is 28.7. The quantitative estimate of drug-likeness (QED) is 0.201. The number of nitrogens with zero attached hydrogens (tertiary/aromatic N) is 2. The number of aromatic nitrogens is 2. The molecule has 7 aromatic rings. The molecule has 1 unspecified atom stereocenters. The van der Waals surface area contributed by atoms with Crippen LogP contribution in [0.15, 0.2) is 152 Å². The third-order valence-electron chi connectivity index (χ3n) is 9.45. The van der Waals surface area contributed by atoms with Gasteiger partial charge in [-0.25, -0.2) is 4.98 Å². The van der Waals surface area contributed by atoms with Gasteiger partial charge in [0.05, 0.1) is 16.7 Å². The first-order chi connectivity index (χ1) is 21.3. The molecule has 0 amide bonds. The lowest BCUT2D eigenvalue weighted by atomic mass is 9.72. The van der Waals surface area contributed by atoms with E-state index in [1.54, 1.807) is 0 Å². The van der Waals surface area contributed by atoms with E-state index in [2.05, 4.69) is 152 Å². The van der Waals surface area contributed by atoms with E-state index in [0.29, 0.717) is 0 Å². The fourth-order valence-corrected chi connectivity index (χ4v) is 7.83. The zero-order valence-corrected chi connectivity index (χ0v) is 23.9. The van der Waals surface area contributed by atoms with Gasteiger partial charge in [0, 0.05) is 0 Å². The molecule has 1 atom stereocenters. The van der Waals surface area contributed by atoms with Crippen molar-refractivity contribution in [3.05, 3.63) is 174 Å². The number of allylic oxidation sites excluding steroid dienone is 5. The first-order valence-electron chi connectivity index (χ1n) is 14.9. The summed E-state index contributed by atoms with van der Waals surface area (Å²) in [5.41, 5.74) is 11.4.